The minimum Gasteiger partial charge on any atom is -0.410 e. The van der Waals surface area contributed by atoms with Crippen molar-refractivity contribution in [3.8, 4) is 49.4 Å². The van der Waals surface area contributed by atoms with Crippen LogP contribution in [0.3, 0.4) is 0 Å². The van der Waals surface area contributed by atoms with Crippen molar-refractivity contribution in [3.05, 3.63) is 119 Å². The van der Waals surface area contributed by atoms with Gasteiger partial charge in [-0.25, -0.2) is 0 Å². The first-order valence-electron chi connectivity index (χ1n) is 15.3. The van der Waals surface area contributed by atoms with E-state index in [1.165, 1.54) is 0 Å². The highest BCUT2D eigenvalue weighted by Gasteiger charge is 2.30. The van der Waals surface area contributed by atoms with Gasteiger partial charge in [0.25, 0.3) is 0 Å². The van der Waals surface area contributed by atoms with Gasteiger partial charge in [0.2, 0.25) is 0 Å². The van der Waals surface area contributed by atoms with Crippen molar-refractivity contribution in [2.75, 3.05) is 0 Å². The lowest BCUT2D eigenvalue weighted by Crippen LogP contribution is -2.36. The maximum Gasteiger partial charge on any atom is 0.118 e. The summed E-state index contributed by atoms with van der Waals surface area (Å²) in [6.45, 7) is 0. The number of hydrogen-bond donors (Lipinski definition) is 3. The predicted molar refractivity (Wildman–Crippen MR) is 196 cm³/mol. The Labute approximate surface area is 275 Å². The van der Waals surface area contributed by atoms with E-state index in [0.29, 0.717) is 5.71 Å². The Balaban J connectivity index is 1.73. The van der Waals surface area contributed by atoms with Crippen LogP contribution in [0, 0.1) is 49.4 Å². The van der Waals surface area contributed by atoms with Gasteiger partial charge in [-0.2, -0.15) is 0 Å². The molecule has 0 spiro atoms. The summed E-state index contributed by atoms with van der Waals surface area (Å²) >= 11 is 0. The molecule has 0 aliphatic rings. The second-order valence-corrected chi connectivity index (χ2v) is 12.0. The number of rotatable bonds is 8. The van der Waals surface area contributed by atoms with Crippen LogP contribution in [0.5, 0.6) is 0 Å². The van der Waals surface area contributed by atoms with Gasteiger partial charge in [0.15, 0.2) is 0 Å². The molecule has 0 aromatic heterocycles. The summed E-state index contributed by atoms with van der Waals surface area (Å²) in [6, 6.07) is 32.2. The van der Waals surface area contributed by atoms with Crippen molar-refractivity contribution in [2.24, 2.45) is 16.6 Å². The highest BCUT2D eigenvalue weighted by molar-refractivity contribution is 6.29. The van der Waals surface area contributed by atoms with E-state index >= 15 is 0 Å². The van der Waals surface area contributed by atoms with Crippen LogP contribution in [0.4, 0.5) is 0 Å². The van der Waals surface area contributed by atoms with Gasteiger partial charge in [0, 0.05) is 36.8 Å². The van der Waals surface area contributed by atoms with Crippen molar-refractivity contribution in [1.82, 2.24) is 0 Å². The molecule has 6 rings (SSSR count). The molecular formula is C43H33N3O. The second kappa shape index (κ2) is 12.4. The topological polar surface area (TPSA) is 84.6 Å². The van der Waals surface area contributed by atoms with Crippen LogP contribution in [-0.2, 0) is 11.1 Å². The van der Waals surface area contributed by atoms with Crippen LogP contribution in [0.25, 0.3) is 43.1 Å². The lowest BCUT2D eigenvalue weighted by molar-refractivity contribution is 0.320. The number of nitrogens with two attached hydrogens (primary N) is 2. The zero-order valence-corrected chi connectivity index (χ0v) is 25.9. The van der Waals surface area contributed by atoms with E-state index in [0.717, 1.165) is 65.3 Å². The zero-order valence-electron chi connectivity index (χ0n) is 25.9. The molecule has 47 heavy (non-hydrogen) atoms. The van der Waals surface area contributed by atoms with Crippen molar-refractivity contribution < 1.29 is 5.21 Å². The first-order valence-corrected chi connectivity index (χ1v) is 15.3. The van der Waals surface area contributed by atoms with Gasteiger partial charge in [-0.1, -0.05) is 90.1 Å². The summed E-state index contributed by atoms with van der Waals surface area (Å²) in [5, 5.41) is 22.4. The van der Waals surface area contributed by atoms with Crippen LogP contribution in [0.1, 0.15) is 47.9 Å². The fourth-order valence-electron chi connectivity index (χ4n) is 7.01. The van der Waals surface area contributed by atoms with Crippen LogP contribution in [0.15, 0.2) is 102 Å². The van der Waals surface area contributed by atoms with E-state index in [1.807, 2.05) is 72.8 Å². The Kier molecular flexibility index (Phi) is 8.18. The van der Waals surface area contributed by atoms with Crippen LogP contribution in [-0.4, -0.2) is 10.9 Å². The first-order chi connectivity index (χ1) is 22.8. The molecule has 0 fully saturated rings. The largest absolute Gasteiger partial charge is 0.410 e. The van der Waals surface area contributed by atoms with E-state index in [4.69, 9.17) is 37.2 Å². The molecule has 6 aromatic rings. The molecule has 226 valence electrons. The Hall–Kier alpha value is -6.01. The molecule has 0 saturated heterocycles. The first kappa shape index (κ1) is 31.0. The third kappa shape index (κ3) is 5.14. The number of benzene rings is 6. The fourth-order valence-corrected chi connectivity index (χ4v) is 7.01. The van der Waals surface area contributed by atoms with E-state index < -0.39 is 11.1 Å². The highest BCUT2D eigenvalue weighted by Crippen LogP contribution is 2.40. The van der Waals surface area contributed by atoms with Gasteiger partial charge < -0.3 is 16.7 Å². The fraction of sp³-hybridized carbons (Fsp3) is 0.140. The minimum atomic E-state index is -0.956. The summed E-state index contributed by atoms with van der Waals surface area (Å²) in [7, 11) is 0. The smallest absolute Gasteiger partial charge is 0.118 e. The summed E-state index contributed by atoms with van der Waals surface area (Å²) in [5.41, 5.74) is 15.5. The molecule has 0 aliphatic carbocycles. The van der Waals surface area contributed by atoms with Gasteiger partial charge in [0.05, 0.1) is 11.1 Å². The molecule has 6 aromatic carbocycles. The minimum absolute atomic E-state index is 0.258. The summed E-state index contributed by atoms with van der Waals surface area (Å²) in [4.78, 5) is 0. The average Bonchev–Trinajstić information content (AvgIpc) is 3.08. The number of nitrogens with zero attached hydrogens (tertiary/aromatic N) is 1. The Bertz CT molecular complexity index is 2210. The van der Waals surface area contributed by atoms with Crippen molar-refractivity contribution in [3.63, 3.8) is 0 Å². The van der Waals surface area contributed by atoms with E-state index in [9.17, 15) is 5.21 Å². The summed E-state index contributed by atoms with van der Waals surface area (Å²) in [5.74, 6) is 10.9. The summed E-state index contributed by atoms with van der Waals surface area (Å²) in [6.07, 6.45) is 24.2. The lowest BCUT2D eigenvalue weighted by Gasteiger charge is -2.29. The third-order valence-corrected chi connectivity index (χ3v) is 9.16. The molecule has 0 aliphatic heterocycles. The molecule has 0 amide bonds. The standard InChI is InChI=1S/C43H33N3O/c1-5-23-42(44,24-6-2)39-21-13-19-31-29-15-9-11-17-33(29)37(27-35(31)39)41(46-47)38-28-36-32(30-16-10-12-18-34(30)38)20-14-22-40(36)43(45,25-7-3)26-8-4/h1-4,9-22,27-28,47H,23-26,44-45H2. The third-order valence-electron chi connectivity index (χ3n) is 9.16. The maximum absolute atomic E-state index is 10.9. The number of oxime groups is 1. The van der Waals surface area contributed by atoms with Crippen LogP contribution in [0.2, 0.25) is 0 Å². The monoisotopic (exact) mass is 607 g/mol. The summed E-state index contributed by atoms with van der Waals surface area (Å²) < 4.78 is 0. The van der Waals surface area contributed by atoms with Crippen molar-refractivity contribution in [2.45, 2.75) is 36.8 Å². The number of hydrogen-bond acceptors (Lipinski definition) is 4. The maximum atomic E-state index is 10.9. The molecular weight excluding hydrogens is 574 g/mol. The molecule has 0 heterocycles. The average molecular weight is 608 g/mol. The van der Waals surface area contributed by atoms with E-state index in [-0.39, 0.29) is 25.7 Å². The zero-order chi connectivity index (χ0) is 33.2. The highest BCUT2D eigenvalue weighted by atomic mass is 16.4. The molecule has 0 radical (unpaired) electrons. The normalized spacial score (nSPS) is 11.5. The molecule has 0 unspecified atom stereocenters. The van der Waals surface area contributed by atoms with Crippen molar-refractivity contribution in [1.29, 1.82) is 0 Å². The van der Waals surface area contributed by atoms with E-state index in [2.05, 4.69) is 53.1 Å². The molecule has 5 N–H and O–H groups in total. The van der Waals surface area contributed by atoms with Gasteiger partial charge in [-0.05, 0) is 66.3 Å². The Morgan fingerprint density at radius 1 is 0.511 bits per heavy atom. The molecule has 0 atom stereocenters. The Morgan fingerprint density at radius 2 is 0.830 bits per heavy atom. The molecule has 0 saturated carbocycles. The van der Waals surface area contributed by atoms with Crippen LogP contribution < -0.4 is 11.5 Å². The van der Waals surface area contributed by atoms with Gasteiger partial charge in [-0.3, -0.25) is 0 Å². The van der Waals surface area contributed by atoms with E-state index in [1.54, 1.807) is 0 Å². The predicted octanol–water partition coefficient (Wildman–Crippen LogP) is 7.93. The lowest BCUT2D eigenvalue weighted by atomic mass is 9.79. The van der Waals surface area contributed by atoms with Crippen molar-refractivity contribution >= 4 is 48.8 Å². The quantitative estimate of drug-likeness (QED) is 0.0540. The number of terminal acetylenes is 4. The van der Waals surface area contributed by atoms with Gasteiger partial charge in [0.1, 0.15) is 5.71 Å². The molecule has 0 bridgehead atoms. The van der Waals surface area contributed by atoms with Crippen LogP contribution >= 0.6 is 0 Å². The molecule has 4 heteroatoms. The Morgan fingerprint density at radius 3 is 1.17 bits per heavy atom. The SMILES string of the molecule is C#CCC(N)(CC#C)c1cccc2c1cc(C(=NO)c1cc3c(C(N)(CC#C)CC#C)cccc3c3ccccc13)c1ccccc12. The number of fused-ring (bicyclic) bond motifs is 6. The van der Waals surface area contributed by atoms with Gasteiger partial charge in [-0.15, -0.1) is 49.4 Å². The van der Waals surface area contributed by atoms with Gasteiger partial charge >= 0.3 is 0 Å². The second-order valence-electron chi connectivity index (χ2n) is 12.0. The molecule has 4 nitrogen and oxygen atoms in total.